The Morgan fingerprint density at radius 2 is 2.29 bits per heavy atom. The highest BCUT2D eigenvalue weighted by atomic mass is 32.2. The number of nitrogens with two attached hydrogens (primary N) is 1. The average Bonchev–Trinajstić information content (AvgIpc) is 2.71. The molecule has 0 spiro atoms. The summed E-state index contributed by atoms with van der Waals surface area (Å²) in [6.45, 7) is 0. The van der Waals surface area contributed by atoms with Crippen molar-refractivity contribution in [3.8, 4) is 0 Å². The van der Waals surface area contributed by atoms with Gasteiger partial charge in [-0.15, -0.1) is 0 Å². The highest BCUT2D eigenvalue weighted by Crippen LogP contribution is 2.15. The molecule has 1 aromatic heterocycles. The second-order valence-corrected chi connectivity index (χ2v) is 4.69. The highest BCUT2D eigenvalue weighted by Gasteiger charge is 2.11. The number of fused-ring (bicyclic) bond motifs is 1. The van der Waals surface area contributed by atoms with Crippen molar-refractivity contribution in [2.75, 3.05) is 5.75 Å². The molecule has 0 amide bonds. The fourth-order valence-corrected chi connectivity index (χ4v) is 2.27. The standard InChI is InChI=1S/C11H13N3O2S/c12-7(11(15)16)5-17-6-10-13-8-3-1-2-4-9(8)14-10/h1-4,7H,5-6,12H2,(H,13,14)(H,15,16)/t7-/m0/s1. The number of H-pyrrole nitrogens is 1. The van der Waals surface area contributed by atoms with Crippen LogP contribution in [0.25, 0.3) is 11.0 Å². The van der Waals surface area contributed by atoms with Crippen LogP contribution >= 0.6 is 11.8 Å². The van der Waals surface area contributed by atoms with Crippen molar-refractivity contribution in [3.05, 3.63) is 30.1 Å². The molecule has 0 bridgehead atoms. The first-order valence-electron chi connectivity index (χ1n) is 5.16. The molecule has 6 heteroatoms. The lowest BCUT2D eigenvalue weighted by Crippen LogP contribution is -2.32. The van der Waals surface area contributed by atoms with Crippen molar-refractivity contribution in [1.29, 1.82) is 0 Å². The molecule has 4 N–H and O–H groups in total. The van der Waals surface area contributed by atoms with Crippen LogP contribution < -0.4 is 5.73 Å². The van der Waals surface area contributed by atoms with Crippen molar-refractivity contribution in [3.63, 3.8) is 0 Å². The van der Waals surface area contributed by atoms with E-state index < -0.39 is 12.0 Å². The molecule has 90 valence electrons. The van der Waals surface area contributed by atoms with Gasteiger partial charge in [0.2, 0.25) is 0 Å². The van der Waals surface area contributed by atoms with Gasteiger partial charge in [0.15, 0.2) is 0 Å². The number of hydrogen-bond acceptors (Lipinski definition) is 4. The molecule has 1 atom stereocenters. The molecule has 5 nitrogen and oxygen atoms in total. The molecule has 0 saturated heterocycles. The number of para-hydroxylation sites is 2. The second-order valence-electron chi connectivity index (χ2n) is 3.66. The fourth-order valence-electron chi connectivity index (χ4n) is 1.43. The molecular formula is C11H13N3O2S. The Hall–Kier alpha value is -1.53. The van der Waals surface area contributed by atoms with Gasteiger partial charge < -0.3 is 15.8 Å². The van der Waals surface area contributed by atoms with E-state index in [2.05, 4.69) is 9.97 Å². The van der Waals surface area contributed by atoms with Crippen LogP contribution in [0.2, 0.25) is 0 Å². The normalized spacial score (nSPS) is 12.8. The Labute approximate surface area is 102 Å². The maximum absolute atomic E-state index is 10.5. The number of carboxylic acids is 1. The Morgan fingerprint density at radius 3 is 3.00 bits per heavy atom. The summed E-state index contributed by atoms with van der Waals surface area (Å²) in [6.07, 6.45) is 0. The zero-order valence-electron chi connectivity index (χ0n) is 9.09. The number of imidazole rings is 1. The minimum atomic E-state index is -0.970. The van der Waals surface area contributed by atoms with E-state index in [1.54, 1.807) is 0 Å². The van der Waals surface area contributed by atoms with E-state index in [0.717, 1.165) is 16.9 Å². The smallest absolute Gasteiger partial charge is 0.321 e. The summed E-state index contributed by atoms with van der Waals surface area (Å²) in [5, 5.41) is 8.63. The van der Waals surface area contributed by atoms with Crippen molar-refractivity contribution in [2.24, 2.45) is 5.73 Å². The number of benzene rings is 1. The molecule has 0 radical (unpaired) electrons. The molecule has 2 aromatic rings. The first-order chi connectivity index (χ1) is 8.16. The van der Waals surface area contributed by atoms with Gasteiger partial charge in [-0.1, -0.05) is 12.1 Å². The first-order valence-corrected chi connectivity index (χ1v) is 6.32. The van der Waals surface area contributed by atoms with Crippen LogP contribution in [-0.2, 0) is 10.5 Å². The van der Waals surface area contributed by atoms with Gasteiger partial charge in [-0.3, -0.25) is 4.79 Å². The van der Waals surface area contributed by atoms with Gasteiger partial charge in [-0.05, 0) is 12.1 Å². The first kappa shape index (κ1) is 11.9. The summed E-state index contributed by atoms with van der Waals surface area (Å²) >= 11 is 1.46. The lowest BCUT2D eigenvalue weighted by molar-refractivity contribution is -0.137. The topological polar surface area (TPSA) is 92.0 Å². The number of hydrogen-bond donors (Lipinski definition) is 3. The molecule has 0 fully saturated rings. The number of aliphatic carboxylic acids is 1. The van der Waals surface area contributed by atoms with Crippen LogP contribution in [0.1, 0.15) is 5.82 Å². The number of nitrogens with one attached hydrogen (secondary N) is 1. The quantitative estimate of drug-likeness (QED) is 0.742. The van der Waals surface area contributed by atoms with E-state index in [4.69, 9.17) is 10.8 Å². The minimum Gasteiger partial charge on any atom is -0.480 e. The lowest BCUT2D eigenvalue weighted by atomic mass is 10.3. The minimum absolute atomic E-state index is 0.381. The SMILES string of the molecule is N[C@@H](CSCc1nc2ccccc2[nH]1)C(=O)O. The van der Waals surface area contributed by atoms with Gasteiger partial charge >= 0.3 is 5.97 Å². The van der Waals surface area contributed by atoms with Gasteiger partial charge in [0.05, 0.1) is 16.8 Å². The Bertz CT molecular complexity index is 493. The number of aromatic nitrogens is 2. The average molecular weight is 251 g/mol. The Balaban J connectivity index is 1.93. The molecule has 0 saturated carbocycles. The molecule has 0 aliphatic rings. The molecule has 0 aliphatic heterocycles. The predicted octanol–water partition coefficient (Wildman–Crippen LogP) is 1.21. The number of aromatic amines is 1. The highest BCUT2D eigenvalue weighted by molar-refractivity contribution is 7.98. The molecular weight excluding hydrogens is 238 g/mol. The van der Waals surface area contributed by atoms with Crippen molar-refractivity contribution in [2.45, 2.75) is 11.8 Å². The summed E-state index contributed by atoms with van der Waals surface area (Å²) in [5.74, 6) is 0.887. The molecule has 1 heterocycles. The number of nitrogens with zero attached hydrogens (tertiary/aromatic N) is 1. The van der Waals surface area contributed by atoms with Gasteiger partial charge in [0, 0.05) is 5.75 Å². The maximum atomic E-state index is 10.5. The molecule has 0 aliphatic carbocycles. The van der Waals surface area contributed by atoms with Crippen LogP contribution in [0.3, 0.4) is 0 Å². The molecule has 1 aromatic carbocycles. The summed E-state index contributed by atoms with van der Waals surface area (Å²) in [6, 6.07) is 6.95. The largest absolute Gasteiger partial charge is 0.480 e. The van der Waals surface area contributed by atoms with Gasteiger partial charge in [-0.25, -0.2) is 4.98 Å². The van der Waals surface area contributed by atoms with Crippen molar-refractivity contribution < 1.29 is 9.90 Å². The monoisotopic (exact) mass is 251 g/mol. The summed E-state index contributed by atoms with van der Waals surface area (Å²) in [5.41, 5.74) is 7.32. The maximum Gasteiger partial charge on any atom is 0.321 e. The summed E-state index contributed by atoms with van der Waals surface area (Å²) < 4.78 is 0. The van der Waals surface area contributed by atoms with Crippen LogP contribution in [0.4, 0.5) is 0 Å². The molecule has 0 unspecified atom stereocenters. The molecule has 17 heavy (non-hydrogen) atoms. The second kappa shape index (κ2) is 5.20. The van der Waals surface area contributed by atoms with Gasteiger partial charge in [-0.2, -0.15) is 11.8 Å². The van der Waals surface area contributed by atoms with E-state index in [1.807, 2.05) is 24.3 Å². The summed E-state index contributed by atoms with van der Waals surface area (Å²) in [4.78, 5) is 18.1. The van der Waals surface area contributed by atoms with E-state index >= 15 is 0 Å². The number of thioether (sulfide) groups is 1. The predicted molar refractivity (Wildman–Crippen MR) is 67.9 cm³/mol. The Morgan fingerprint density at radius 1 is 1.53 bits per heavy atom. The van der Waals surface area contributed by atoms with Crippen molar-refractivity contribution in [1.82, 2.24) is 9.97 Å². The fraction of sp³-hybridized carbons (Fsp3) is 0.273. The van der Waals surface area contributed by atoms with Crippen LogP contribution in [-0.4, -0.2) is 32.8 Å². The van der Waals surface area contributed by atoms with E-state index in [9.17, 15) is 4.79 Å². The van der Waals surface area contributed by atoms with Crippen LogP contribution in [0.15, 0.2) is 24.3 Å². The zero-order valence-corrected chi connectivity index (χ0v) is 9.91. The van der Waals surface area contributed by atoms with Crippen molar-refractivity contribution >= 4 is 28.8 Å². The van der Waals surface area contributed by atoms with E-state index in [1.165, 1.54) is 11.8 Å². The van der Waals surface area contributed by atoms with Crippen LogP contribution in [0, 0.1) is 0 Å². The Kier molecular flexibility index (Phi) is 3.65. The van der Waals surface area contributed by atoms with E-state index in [0.29, 0.717) is 11.5 Å². The van der Waals surface area contributed by atoms with Gasteiger partial charge in [0.25, 0.3) is 0 Å². The molecule has 2 rings (SSSR count). The third kappa shape index (κ3) is 2.98. The van der Waals surface area contributed by atoms with E-state index in [-0.39, 0.29) is 0 Å². The lowest BCUT2D eigenvalue weighted by Gasteiger charge is -2.03. The third-order valence-electron chi connectivity index (χ3n) is 2.29. The summed E-state index contributed by atoms with van der Waals surface area (Å²) in [7, 11) is 0. The zero-order chi connectivity index (χ0) is 12.3. The number of rotatable bonds is 5. The number of carbonyl (C=O) groups is 1. The third-order valence-corrected chi connectivity index (χ3v) is 3.36. The van der Waals surface area contributed by atoms with Crippen LogP contribution in [0.5, 0.6) is 0 Å². The van der Waals surface area contributed by atoms with Gasteiger partial charge in [0.1, 0.15) is 11.9 Å². The number of carboxylic acid groups (broad SMARTS) is 1.